The summed E-state index contributed by atoms with van der Waals surface area (Å²) in [5, 5.41) is 3.52. The maximum atomic E-state index is 13.5. The molecule has 0 saturated heterocycles. The van der Waals surface area contributed by atoms with Crippen molar-refractivity contribution in [3.63, 3.8) is 0 Å². The second-order valence-electron chi connectivity index (χ2n) is 6.31. The lowest BCUT2D eigenvalue weighted by Gasteiger charge is -2.27. The summed E-state index contributed by atoms with van der Waals surface area (Å²) in [6.45, 7) is 8.20. The Balaban J connectivity index is 2.06. The fourth-order valence-electron chi connectivity index (χ4n) is 3.41. The Bertz CT molecular complexity index is 1080. The van der Waals surface area contributed by atoms with Gasteiger partial charge in [0, 0.05) is 23.6 Å². The number of benzene rings is 2. The molecule has 0 saturated carbocycles. The van der Waals surface area contributed by atoms with Crippen molar-refractivity contribution < 1.29 is 0 Å². The van der Waals surface area contributed by atoms with Crippen molar-refractivity contribution in [2.45, 2.75) is 22.8 Å². The van der Waals surface area contributed by atoms with Gasteiger partial charge < -0.3 is 9.88 Å². The fourth-order valence-corrected chi connectivity index (χ4v) is 4.57. The van der Waals surface area contributed by atoms with Crippen LogP contribution in [0.4, 0.5) is 11.4 Å². The summed E-state index contributed by atoms with van der Waals surface area (Å²) < 4.78 is 1.82. The smallest absolute Gasteiger partial charge is 0.261 e. The predicted molar refractivity (Wildman–Crippen MR) is 114 cm³/mol. The summed E-state index contributed by atoms with van der Waals surface area (Å²) in [7, 11) is 0. The maximum absolute atomic E-state index is 13.5. The van der Waals surface area contributed by atoms with Crippen molar-refractivity contribution in [1.29, 1.82) is 0 Å². The van der Waals surface area contributed by atoms with Crippen LogP contribution in [0.2, 0.25) is 0 Å². The van der Waals surface area contributed by atoms with Crippen LogP contribution in [0.1, 0.15) is 5.69 Å². The predicted octanol–water partition coefficient (Wildman–Crippen LogP) is 5.64. The maximum Gasteiger partial charge on any atom is 0.261 e. The summed E-state index contributed by atoms with van der Waals surface area (Å²) in [6, 6.07) is 18.0. The molecule has 1 aliphatic rings. The van der Waals surface area contributed by atoms with Gasteiger partial charge in [0.05, 0.1) is 21.8 Å². The largest absolute Gasteiger partial charge is 0.353 e. The number of aromatic nitrogens is 1. The Morgan fingerprint density at radius 2 is 1.74 bits per heavy atom. The highest BCUT2D eigenvalue weighted by atomic mass is 32.2. The van der Waals surface area contributed by atoms with E-state index in [2.05, 4.69) is 24.5 Å². The Morgan fingerprint density at radius 3 is 2.48 bits per heavy atom. The third kappa shape index (κ3) is 3.02. The zero-order valence-electron chi connectivity index (χ0n) is 14.9. The molecule has 0 aliphatic carbocycles. The summed E-state index contributed by atoms with van der Waals surface area (Å²) in [5.41, 5.74) is 4.47. The molecule has 4 heteroatoms. The van der Waals surface area contributed by atoms with E-state index in [1.165, 1.54) is 0 Å². The van der Waals surface area contributed by atoms with Gasteiger partial charge >= 0.3 is 0 Å². The summed E-state index contributed by atoms with van der Waals surface area (Å²) in [5.74, 6) is 0. The Kier molecular flexibility index (Phi) is 4.73. The summed E-state index contributed by atoms with van der Waals surface area (Å²) in [4.78, 5) is 15.7. The number of pyridine rings is 1. The van der Waals surface area contributed by atoms with Crippen LogP contribution in [0.3, 0.4) is 0 Å². The zero-order chi connectivity index (χ0) is 18.8. The van der Waals surface area contributed by atoms with Gasteiger partial charge in [0.2, 0.25) is 0 Å². The molecule has 0 amide bonds. The Morgan fingerprint density at radius 1 is 1.00 bits per heavy atom. The lowest BCUT2D eigenvalue weighted by atomic mass is 10.0. The molecule has 1 aromatic heterocycles. The average Bonchev–Trinajstić information content (AvgIpc) is 2.70. The number of para-hydroxylation sites is 1. The van der Waals surface area contributed by atoms with E-state index in [0.717, 1.165) is 32.4 Å². The monoisotopic (exact) mass is 372 g/mol. The van der Waals surface area contributed by atoms with Crippen molar-refractivity contribution in [3.8, 4) is 11.1 Å². The second kappa shape index (κ2) is 7.33. The molecule has 134 valence electrons. The summed E-state index contributed by atoms with van der Waals surface area (Å²) in [6.07, 6.45) is 4.24. The van der Waals surface area contributed by atoms with Crippen molar-refractivity contribution in [2.24, 2.45) is 0 Å². The van der Waals surface area contributed by atoms with Gasteiger partial charge in [0.1, 0.15) is 0 Å². The third-order valence-electron chi connectivity index (χ3n) is 4.59. The minimum atomic E-state index is -0.0100. The zero-order valence-corrected chi connectivity index (χ0v) is 15.8. The van der Waals surface area contributed by atoms with E-state index >= 15 is 0 Å². The third-order valence-corrected chi connectivity index (χ3v) is 5.81. The molecule has 0 radical (unpaired) electrons. The van der Waals surface area contributed by atoms with Crippen LogP contribution in [-0.2, 0) is 13.0 Å². The first-order chi connectivity index (χ1) is 13.2. The van der Waals surface area contributed by atoms with Crippen LogP contribution >= 0.6 is 11.8 Å². The molecular weight excluding hydrogens is 352 g/mol. The number of fused-ring (bicyclic) bond motifs is 2. The number of anilines is 2. The van der Waals surface area contributed by atoms with Crippen molar-refractivity contribution in [3.05, 3.63) is 96.0 Å². The first kappa shape index (κ1) is 17.4. The molecule has 0 spiro atoms. The van der Waals surface area contributed by atoms with E-state index < -0.39 is 0 Å². The normalized spacial score (nSPS) is 11.9. The van der Waals surface area contributed by atoms with Gasteiger partial charge in [-0.05, 0) is 17.7 Å². The highest BCUT2D eigenvalue weighted by Gasteiger charge is 2.26. The van der Waals surface area contributed by atoms with Gasteiger partial charge in [-0.25, -0.2) is 0 Å². The van der Waals surface area contributed by atoms with Crippen LogP contribution in [0.15, 0.2) is 94.5 Å². The van der Waals surface area contributed by atoms with Crippen LogP contribution in [0.25, 0.3) is 11.1 Å². The van der Waals surface area contributed by atoms with E-state index in [4.69, 9.17) is 0 Å². The lowest BCUT2D eigenvalue weighted by molar-refractivity contribution is 0.717. The first-order valence-electron chi connectivity index (χ1n) is 8.85. The molecule has 2 aromatic carbocycles. The van der Waals surface area contributed by atoms with Crippen LogP contribution in [0.5, 0.6) is 0 Å². The SMILES string of the molecule is C=CCc1c2c(c(-c3ccccc3)c(=O)n1CC=C)Nc1ccccc1S2. The molecule has 0 bridgehead atoms. The fraction of sp³-hybridized carbons (Fsp3) is 0.0870. The number of nitrogens with zero attached hydrogens (tertiary/aromatic N) is 1. The molecule has 3 aromatic rings. The molecule has 27 heavy (non-hydrogen) atoms. The Labute approximate surface area is 163 Å². The minimum Gasteiger partial charge on any atom is -0.353 e. The number of hydrogen-bond donors (Lipinski definition) is 1. The highest BCUT2D eigenvalue weighted by Crippen LogP contribution is 2.48. The van der Waals surface area contributed by atoms with E-state index in [-0.39, 0.29) is 5.56 Å². The van der Waals surface area contributed by atoms with Crippen LogP contribution in [-0.4, -0.2) is 4.57 Å². The van der Waals surface area contributed by atoms with E-state index in [1.807, 2.05) is 59.2 Å². The quantitative estimate of drug-likeness (QED) is 0.461. The number of nitrogens with one attached hydrogen (secondary N) is 1. The highest BCUT2D eigenvalue weighted by molar-refractivity contribution is 7.99. The van der Waals surface area contributed by atoms with Gasteiger partial charge in [0.25, 0.3) is 5.56 Å². The molecule has 3 nitrogen and oxygen atoms in total. The van der Waals surface area contributed by atoms with Gasteiger partial charge in [-0.2, -0.15) is 0 Å². The van der Waals surface area contributed by atoms with Crippen LogP contribution in [0, 0.1) is 0 Å². The van der Waals surface area contributed by atoms with Crippen molar-refractivity contribution in [2.75, 3.05) is 5.32 Å². The van der Waals surface area contributed by atoms with Crippen molar-refractivity contribution in [1.82, 2.24) is 4.57 Å². The molecule has 0 fully saturated rings. The lowest BCUT2D eigenvalue weighted by Crippen LogP contribution is -2.27. The molecule has 1 aliphatic heterocycles. The van der Waals surface area contributed by atoms with E-state index in [0.29, 0.717) is 18.5 Å². The number of rotatable bonds is 5. The van der Waals surface area contributed by atoms with Gasteiger partial charge in [0.15, 0.2) is 0 Å². The number of allylic oxidation sites excluding steroid dienone is 2. The molecule has 2 heterocycles. The van der Waals surface area contributed by atoms with Gasteiger partial charge in [-0.3, -0.25) is 4.79 Å². The molecular formula is C23H20N2OS. The van der Waals surface area contributed by atoms with Gasteiger partial charge in [-0.15, -0.1) is 13.2 Å². The summed E-state index contributed by atoms with van der Waals surface area (Å²) >= 11 is 1.70. The average molecular weight is 372 g/mol. The topological polar surface area (TPSA) is 34.0 Å². The van der Waals surface area contributed by atoms with E-state index in [1.54, 1.807) is 17.8 Å². The minimum absolute atomic E-state index is 0.0100. The molecule has 0 unspecified atom stereocenters. The van der Waals surface area contributed by atoms with Gasteiger partial charge in [-0.1, -0.05) is 66.4 Å². The molecule has 0 atom stereocenters. The van der Waals surface area contributed by atoms with E-state index in [9.17, 15) is 4.79 Å². The number of hydrogen-bond acceptors (Lipinski definition) is 3. The Hall–Kier alpha value is -2.98. The van der Waals surface area contributed by atoms with Crippen LogP contribution < -0.4 is 10.9 Å². The molecule has 4 rings (SSSR count). The standard InChI is InChI=1S/C23H20N2OS/c1-3-10-18-22-21(24-17-13-8-9-14-19(17)27-22)20(16-11-6-5-7-12-16)23(26)25(18)15-4-2/h3-9,11-14,24H,1-2,10,15H2. The molecule has 1 N–H and O–H groups in total. The first-order valence-corrected chi connectivity index (χ1v) is 9.67. The second-order valence-corrected chi connectivity index (χ2v) is 7.36. The van der Waals surface area contributed by atoms with Crippen molar-refractivity contribution >= 4 is 23.1 Å².